The maximum atomic E-state index is 5.78. The summed E-state index contributed by atoms with van der Waals surface area (Å²) in [5, 5.41) is 2.21. The van der Waals surface area contributed by atoms with E-state index in [-0.39, 0.29) is 0 Å². The standard InChI is InChI=1S/C18H26O4Si2/c1-19-23(5,20-2)17-13-9-7-11-15(17)16-12-8-10-14-18(16)24(6,21-3)22-4/h7-14H,1-6H3. The minimum atomic E-state index is -2.47. The first kappa shape index (κ1) is 19.0. The van der Waals surface area contributed by atoms with Crippen LogP contribution >= 0.6 is 0 Å². The van der Waals surface area contributed by atoms with Gasteiger partial charge in [-0.05, 0) is 24.2 Å². The minimum Gasteiger partial charge on any atom is -0.394 e. The van der Waals surface area contributed by atoms with Crippen molar-refractivity contribution in [1.29, 1.82) is 0 Å². The molecule has 0 fully saturated rings. The largest absolute Gasteiger partial charge is 0.394 e. The summed E-state index contributed by atoms with van der Waals surface area (Å²) in [6, 6.07) is 16.5. The third-order valence-electron chi connectivity index (χ3n) is 4.68. The smallest absolute Gasteiger partial charge is 0.369 e. The van der Waals surface area contributed by atoms with Crippen LogP contribution in [0, 0.1) is 0 Å². The van der Waals surface area contributed by atoms with Crippen LogP contribution in [0.15, 0.2) is 48.5 Å². The first-order chi connectivity index (χ1) is 11.5. The molecule has 0 aliphatic carbocycles. The summed E-state index contributed by atoms with van der Waals surface area (Å²) in [6.45, 7) is 4.11. The Morgan fingerprint density at radius 2 is 0.833 bits per heavy atom. The van der Waals surface area contributed by atoms with Crippen molar-refractivity contribution in [2.45, 2.75) is 13.1 Å². The number of rotatable bonds is 7. The molecule has 2 aromatic carbocycles. The Labute approximate surface area is 146 Å². The lowest BCUT2D eigenvalue weighted by molar-refractivity contribution is 0.264. The van der Waals surface area contributed by atoms with Gasteiger partial charge in [-0.25, -0.2) is 0 Å². The van der Waals surface area contributed by atoms with Gasteiger partial charge >= 0.3 is 17.1 Å². The molecule has 6 heteroatoms. The van der Waals surface area contributed by atoms with Gasteiger partial charge in [-0.1, -0.05) is 48.5 Å². The molecule has 0 N–H and O–H groups in total. The van der Waals surface area contributed by atoms with Gasteiger partial charge in [-0.2, -0.15) is 0 Å². The zero-order valence-electron chi connectivity index (χ0n) is 15.3. The molecule has 4 nitrogen and oxygen atoms in total. The van der Waals surface area contributed by atoms with E-state index >= 15 is 0 Å². The van der Waals surface area contributed by atoms with Gasteiger partial charge in [0.25, 0.3) is 0 Å². The average Bonchev–Trinajstić information content (AvgIpc) is 2.66. The summed E-state index contributed by atoms with van der Waals surface area (Å²) in [7, 11) is 1.90. The van der Waals surface area contributed by atoms with Gasteiger partial charge in [-0.3, -0.25) is 0 Å². The van der Waals surface area contributed by atoms with Crippen LogP contribution in [0.4, 0.5) is 0 Å². The van der Waals surface area contributed by atoms with Gasteiger partial charge in [-0.15, -0.1) is 0 Å². The lowest BCUT2D eigenvalue weighted by atomic mass is 10.1. The third kappa shape index (κ3) is 3.39. The van der Waals surface area contributed by atoms with E-state index in [0.29, 0.717) is 0 Å². The first-order valence-electron chi connectivity index (χ1n) is 7.85. The summed E-state index contributed by atoms with van der Waals surface area (Å²) in [5.41, 5.74) is 2.22. The molecule has 0 radical (unpaired) electrons. The Morgan fingerprint density at radius 3 is 1.12 bits per heavy atom. The molecule has 2 aromatic rings. The van der Waals surface area contributed by atoms with Gasteiger partial charge < -0.3 is 17.7 Å². The molecule has 0 spiro atoms. The summed E-state index contributed by atoms with van der Waals surface area (Å²) >= 11 is 0. The van der Waals surface area contributed by atoms with E-state index < -0.39 is 17.1 Å². The van der Waals surface area contributed by atoms with Crippen molar-refractivity contribution in [1.82, 2.24) is 0 Å². The Hall–Kier alpha value is -1.29. The number of hydrogen-bond donors (Lipinski definition) is 0. The van der Waals surface area contributed by atoms with Crippen molar-refractivity contribution < 1.29 is 17.7 Å². The topological polar surface area (TPSA) is 36.9 Å². The number of benzene rings is 2. The Morgan fingerprint density at radius 1 is 0.542 bits per heavy atom. The predicted molar refractivity (Wildman–Crippen MR) is 102 cm³/mol. The van der Waals surface area contributed by atoms with Crippen molar-refractivity contribution in [2.75, 3.05) is 28.4 Å². The first-order valence-corrected chi connectivity index (χ1v) is 12.5. The molecular formula is C18H26O4Si2. The van der Waals surface area contributed by atoms with Crippen LogP contribution in [0.3, 0.4) is 0 Å². The fourth-order valence-electron chi connectivity index (χ4n) is 2.83. The lowest BCUT2D eigenvalue weighted by Crippen LogP contribution is -2.53. The fourth-order valence-corrected chi connectivity index (χ4v) is 6.26. The van der Waals surface area contributed by atoms with Gasteiger partial charge in [0, 0.05) is 38.8 Å². The van der Waals surface area contributed by atoms with Gasteiger partial charge in [0.05, 0.1) is 0 Å². The van der Waals surface area contributed by atoms with Crippen LogP contribution in [0.5, 0.6) is 0 Å². The van der Waals surface area contributed by atoms with E-state index in [0.717, 1.165) is 21.5 Å². The van der Waals surface area contributed by atoms with Crippen molar-refractivity contribution >= 4 is 27.5 Å². The zero-order chi connectivity index (χ0) is 17.8. The van der Waals surface area contributed by atoms with Crippen LogP contribution in [0.2, 0.25) is 13.1 Å². The van der Waals surface area contributed by atoms with Crippen molar-refractivity contribution in [3.8, 4) is 11.1 Å². The highest BCUT2D eigenvalue weighted by Crippen LogP contribution is 2.22. The molecule has 130 valence electrons. The molecule has 0 aliphatic heterocycles. The van der Waals surface area contributed by atoms with E-state index in [1.807, 2.05) is 24.3 Å². The normalized spacial score (nSPS) is 12.4. The second kappa shape index (κ2) is 7.73. The molecule has 0 saturated carbocycles. The van der Waals surface area contributed by atoms with E-state index in [9.17, 15) is 0 Å². The fraction of sp³-hybridized carbons (Fsp3) is 0.333. The maximum Gasteiger partial charge on any atom is 0.369 e. The zero-order valence-corrected chi connectivity index (χ0v) is 17.3. The van der Waals surface area contributed by atoms with Gasteiger partial charge in [0.15, 0.2) is 0 Å². The van der Waals surface area contributed by atoms with Crippen LogP contribution in [-0.2, 0) is 17.7 Å². The number of hydrogen-bond acceptors (Lipinski definition) is 4. The summed E-state index contributed by atoms with van der Waals surface area (Å²) in [4.78, 5) is 0. The molecule has 24 heavy (non-hydrogen) atoms. The highest BCUT2D eigenvalue weighted by atomic mass is 28.4. The molecule has 0 aromatic heterocycles. The quantitative estimate of drug-likeness (QED) is 0.709. The van der Waals surface area contributed by atoms with E-state index in [1.165, 1.54) is 0 Å². The van der Waals surface area contributed by atoms with E-state index in [2.05, 4.69) is 37.4 Å². The molecular weight excluding hydrogens is 336 g/mol. The molecule has 0 saturated heterocycles. The third-order valence-corrected chi connectivity index (χ3v) is 10.6. The molecule has 0 bridgehead atoms. The van der Waals surface area contributed by atoms with Crippen molar-refractivity contribution in [3.63, 3.8) is 0 Å². The highest BCUT2D eigenvalue weighted by Gasteiger charge is 2.38. The SMILES string of the molecule is CO[Si](C)(OC)c1ccccc1-c1ccccc1[Si](C)(OC)OC. The molecule has 0 unspecified atom stereocenters. The predicted octanol–water partition coefficient (Wildman–Crippen LogP) is 2.50. The monoisotopic (exact) mass is 362 g/mol. The molecule has 2 rings (SSSR count). The van der Waals surface area contributed by atoms with Gasteiger partial charge in [0.1, 0.15) is 0 Å². The Balaban J connectivity index is 2.72. The lowest BCUT2D eigenvalue weighted by Gasteiger charge is -2.29. The molecule has 0 atom stereocenters. The van der Waals surface area contributed by atoms with Crippen LogP contribution in [0.25, 0.3) is 11.1 Å². The molecule has 0 aliphatic rings. The van der Waals surface area contributed by atoms with Gasteiger partial charge in [0.2, 0.25) is 0 Å². The summed E-state index contributed by atoms with van der Waals surface area (Å²) in [6.07, 6.45) is 0. The Bertz CT molecular complexity index is 623. The highest BCUT2D eigenvalue weighted by molar-refractivity contribution is 6.83. The Kier molecular flexibility index (Phi) is 6.13. The van der Waals surface area contributed by atoms with Crippen molar-refractivity contribution in [3.05, 3.63) is 48.5 Å². The van der Waals surface area contributed by atoms with E-state index in [1.54, 1.807) is 28.4 Å². The van der Waals surface area contributed by atoms with E-state index in [4.69, 9.17) is 17.7 Å². The minimum absolute atomic E-state index is 1.10. The second-order valence-electron chi connectivity index (χ2n) is 5.80. The molecule has 0 amide bonds. The van der Waals surface area contributed by atoms with Crippen molar-refractivity contribution in [2.24, 2.45) is 0 Å². The van der Waals surface area contributed by atoms with Crippen LogP contribution in [0.1, 0.15) is 0 Å². The summed E-state index contributed by atoms with van der Waals surface area (Å²) in [5.74, 6) is 0. The van der Waals surface area contributed by atoms with Crippen LogP contribution < -0.4 is 10.4 Å². The second-order valence-corrected chi connectivity index (χ2v) is 12.3. The average molecular weight is 363 g/mol. The molecule has 0 heterocycles. The maximum absolute atomic E-state index is 5.78. The summed E-state index contributed by atoms with van der Waals surface area (Å²) < 4.78 is 23.1. The van der Waals surface area contributed by atoms with Crippen LogP contribution in [-0.4, -0.2) is 45.6 Å².